The molecule has 0 spiro atoms. The predicted octanol–water partition coefficient (Wildman–Crippen LogP) is -0.279. The van der Waals surface area contributed by atoms with Crippen molar-refractivity contribution in [2.75, 3.05) is 0 Å². The summed E-state index contributed by atoms with van der Waals surface area (Å²) in [4.78, 5) is 20.0. The monoisotopic (exact) mass is 129 g/mol. The van der Waals surface area contributed by atoms with Gasteiger partial charge in [-0.2, -0.15) is 0 Å². The molecule has 50 valence electrons. The molecule has 0 heterocycles. The van der Waals surface area contributed by atoms with Gasteiger partial charge in [0.25, 0.3) is 0 Å². The lowest BCUT2D eigenvalue weighted by molar-refractivity contribution is -0.119. The van der Waals surface area contributed by atoms with Gasteiger partial charge in [0.1, 0.15) is 12.0 Å². The maximum absolute atomic E-state index is 10.2. The van der Waals surface area contributed by atoms with Crippen LogP contribution >= 0.6 is 0 Å². The van der Waals surface area contributed by atoms with Gasteiger partial charge in [0.05, 0.1) is 0 Å². The van der Waals surface area contributed by atoms with Crippen LogP contribution in [0.1, 0.15) is 6.92 Å². The Labute approximate surface area is 52.2 Å². The van der Waals surface area contributed by atoms with Crippen LogP contribution in [0.3, 0.4) is 0 Å². The number of carbonyl (C=O) groups excluding carboxylic acids is 2. The second-order valence-corrected chi connectivity index (χ2v) is 1.38. The number of amides is 1. The van der Waals surface area contributed by atoms with E-state index in [0.717, 1.165) is 0 Å². The van der Waals surface area contributed by atoms with Crippen molar-refractivity contribution in [3.05, 3.63) is 12.0 Å². The Morgan fingerprint density at radius 2 is 2.22 bits per heavy atom. The molecule has 0 saturated carbocycles. The topological polar surface area (TPSA) is 66.4 Å². The number of aldehydes is 1. The van der Waals surface area contributed by atoms with Crippen molar-refractivity contribution in [1.82, 2.24) is 5.32 Å². The maximum Gasteiger partial charge on any atom is 0.221 e. The zero-order chi connectivity index (χ0) is 7.28. The van der Waals surface area contributed by atoms with E-state index in [1.54, 1.807) is 0 Å². The fourth-order valence-corrected chi connectivity index (χ4v) is 0.295. The Kier molecular flexibility index (Phi) is 3.12. The molecule has 4 heteroatoms. The summed E-state index contributed by atoms with van der Waals surface area (Å²) < 4.78 is 0. The normalized spacial score (nSPS) is 10.6. The van der Waals surface area contributed by atoms with Crippen molar-refractivity contribution in [2.24, 2.45) is 0 Å². The minimum atomic E-state index is -0.387. The number of aliphatic hydroxyl groups excluding tert-OH is 1. The fraction of sp³-hybridized carbons (Fsp3) is 0.200. The van der Waals surface area contributed by atoms with Gasteiger partial charge in [-0.05, 0) is 0 Å². The maximum atomic E-state index is 10.2. The number of aliphatic hydroxyl groups is 1. The van der Waals surface area contributed by atoms with E-state index in [1.165, 1.54) is 6.92 Å². The summed E-state index contributed by atoms with van der Waals surface area (Å²) in [5.41, 5.74) is -0.137. The zero-order valence-electron chi connectivity index (χ0n) is 4.92. The van der Waals surface area contributed by atoms with Gasteiger partial charge in [-0.15, -0.1) is 0 Å². The molecule has 0 rings (SSSR count). The second-order valence-electron chi connectivity index (χ2n) is 1.38. The highest BCUT2D eigenvalue weighted by Gasteiger charge is 1.94. The quantitative estimate of drug-likeness (QED) is 0.306. The summed E-state index contributed by atoms with van der Waals surface area (Å²) in [7, 11) is 0. The van der Waals surface area contributed by atoms with Crippen LogP contribution in [0.25, 0.3) is 0 Å². The molecule has 9 heavy (non-hydrogen) atoms. The Morgan fingerprint density at radius 3 is 2.33 bits per heavy atom. The van der Waals surface area contributed by atoms with Crippen molar-refractivity contribution in [3.63, 3.8) is 0 Å². The third-order valence-electron chi connectivity index (χ3n) is 0.586. The van der Waals surface area contributed by atoms with E-state index < -0.39 is 0 Å². The number of nitrogens with one attached hydrogen (secondary N) is 1. The van der Waals surface area contributed by atoms with Gasteiger partial charge in [0.15, 0.2) is 6.29 Å². The van der Waals surface area contributed by atoms with Crippen LogP contribution in [0, 0.1) is 0 Å². The molecule has 0 aliphatic heterocycles. The summed E-state index contributed by atoms with van der Waals surface area (Å²) >= 11 is 0. The van der Waals surface area contributed by atoms with Crippen LogP contribution in [0.2, 0.25) is 0 Å². The van der Waals surface area contributed by atoms with Crippen molar-refractivity contribution < 1.29 is 14.7 Å². The van der Waals surface area contributed by atoms with E-state index in [0.29, 0.717) is 12.5 Å². The number of carbonyl (C=O) groups is 2. The van der Waals surface area contributed by atoms with Crippen molar-refractivity contribution in [1.29, 1.82) is 0 Å². The van der Waals surface area contributed by atoms with Gasteiger partial charge >= 0.3 is 0 Å². The van der Waals surface area contributed by atoms with E-state index in [-0.39, 0.29) is 11.6 Å². The van der Waals surface area contributed by atoms with E-state index >= 15 is 0 Å². The van der Waals surface area contributed by atoms with Crippen LogP contribution in [-0.4, -0.2) is 17.3 Å². The first-order valence-electron chi connectivity index (χ1n) is 2.28. The van der Waals surface area contributed by atoms with Crippen LogP contribution in [0.15, 0.2) is 12.0 Å². The molecule has 0 saturated heterocycles. The first-order chi connectivity index (χ1) is 4.20. The van der Waals surface area contributed by atoms with Gasteiger partial charge in [-0.3, -0.25) is 9.59 Å². The van der Waals surface area contributed by atoms with Crippen LogP contribution in [0.4, 0.5) is 0 Å². The predicted molar refractivity (Wildman–Crippen MR) is 30.6 cm³/mol. The summed E-state index contributed by atoms with van der Waals surface area (Å²) in [5.74, 6) is -0.387. The summed E-state index contributed by atoms with van der Waals surface area (Å²) in [6.07, 6.45) is 0.885. The Balaban J connectivity index is 3.86. The third-order valence-corrected chi connectivity index (χ3v) is 0.586. The minimum absolute atomic E-state index is 0.137. The first-order valence-corrected chi connectivity index (χ1v) is 2.28. The van der Waals surface area contributed by atoms with Gasteiger partial charge in [0, 0.05) is 6.92 Å². The van der Waals surface area contributed by atoms with Gasteiger partial charge in [-0.1, -0.05) is 0 Å². The number of hydrogen-bond acceptors (Lipinski definition) is 3. The first kappa shape index (κ1) is 7.68. The highest BCUT2D eigenvalue weighted by atomic mass is 16.2. The molecular weight excluding hydrogens is 122 g/mol. The highest BCUT2D eigenvalue weighted by molar-refractivity contribution is 5.83. The van der Waals surface area contributed by atoms with Crippen LogP contribution in [-0.2, 0) is 9.59 Å². The van der Waals surface area contributed by atoms with E-state index in [1.807, 2.05) is 0 Å². The molecule has 0 fully saturated rings. The van der Waals surface area contributed by atoms with Crippen molar-refractivity contribution >= 4 is 12.2 Å². The van der Waals surface area contributed by atoms with Crippen LogP contribution < -0.4 is 5.32 Å². The van der Waals surface area contributed by atoms with Crippen molar-refractivity contribution in [3.8, 4) is 0 Å². The smallest absolute Gasteiger partial charge is 0.221 e. The van der Waals surface area contributed by atoms with Gasteiger partial charge in [0.2, 0.25) is 5.91 Å². The molecule has 0 unspecified atom stereocenters. The molecule has 0 aromatic carbocycles. The molecule has 0 aromatic rings. The number of allylic oxidation sites excluding steroid dienone is 1. The number of hydrogen-bond donors (Lipinski definition) is 2. The number of rotatable bonds is 2. The van der Waals surface area contributed by atoms with Crippen molar-refractivity contribution in [2.45, 2.75) is 6.92 Å². The fourth-order valence-electron chi connectivity index (χ4n) is 0.295. The Hall–Kier alpha value is -1.32. The third kappa shape index (κ3) is 3.28. The molecule has 0 aliphatic carbocycles. The summed E-state index contributed by atoms with van der Waals surface area (Å²) in [6, 6.07) is 0. The molecule has 0 aliphatic rings. The van der Waals surface area contributed by atoms with E-state index in [9.17, 15) is 9.59 Å². The molecule has 0 atom stereocenters. The minimum Gasteiger partial charge on any atom is -0.513 e. The molecule has 0 radical (unpaired) electrons. The average Bonchev–Trinajstić information content (AvgIpc) is 1.82. The molecule has 4 nitrogen and oxygen atoms in total. The molecule has 0 bridgehead atoms. The molecular formula is C5H7NO3. The SMILES string of the molecule is CC(=O)NC(C=O)=CO. The Morgan fingerprint density at radius 1 is 1.67 bits per heavy atom. The zero-order valence-corrected chi connectivity index (χ0v) is 4.92. The standard InChI is InChI=1S/C5H7NO3/c1-4(9)6-5(2-7)3-8/h2-3,7H,1H3,(H,6,9). The van der Waals surface area contributed by atoms with Crippen LogP contribution in [0.5, 0.6) is 0 Å². The largest absolute Gasteiger partial charge is 0.513 e. The Bertz CT molecular complexity index is 150. The lowest BCUT2D eigenvalue weighted by atomic mass is 10.5. The highest BCUT2D eigenvalue weighted by Crippen LogP contribution is 1.77. The summed E-state index contributed by atoms with van der Waals surface area (Å²) in [6.45, 7) is 1.24. The second kappa shape index (κ2) is 3.65. The lowest BCUT2D eigenvalue weighted by Crippen LogP contribution is -2.19. The molecule has 2 N–H and O–H groups in total. The summed E-state index contributed by atoms with van der Waals surface area (Å²) in [5, 5.41) is 10.3. The average molecular weight is 129 g/mol. The lowest BCUT2D eigenvalue weighted by Gasteiger charge is -1.94. The van der Waals surface area contributed by atoms with Gasteiger partial charge < -0.3 is 10.4 Å². The van der Waals surface area contributed by atoms with Gasteiger partial charge in [-0.25, -0.2) is 0 Å². The molecule has 0 aromatic heterocycles. The molecule has 1 amide bonds. The van der Waals surface area contributed by atoms with E-state index in [4.69, 9.17) is 5.11 Å². The van der Waals surface area contributed by atoms with E-state index in [2.05, 4.69) is 5.32 Å².